The van der Waals surface area contributed by atoms with E-state index in [1.807, 2.05) is 13.0 Å². The molecule has 1 aromatic carbocycles. The first-order valence-electron chi connectivity index (χ1n) is 5.67. The fourth-order valence-electron chi connectivity index (χ4n) is 1.45. The van der Waals surface area contributed by atoms with Crippen molar-refractivity contribution in [3.8, 4) is 0 Å². The van der Waals surface area contributed by atoms with Crippen LogP contribution in [-0.4, -0.2) is 11.9 Å². The summed E-state index contributed by atoms with van der Waals surface area (Å²) in [6.07, 6.45) is 2.66. The van der Waals surface area contributed by atoms with E-state index in [0.717, 1.165) is 6.42 Å². The summed E-state index contributed by atoms with van der Waals surface area (Å²) < 4.78 is 0. The van der Waals surface area contributed by atoms with Crippen molar-refractivity contribution in [2.45, 2.75) is 20.3 Å². The molecule has 4 N–H and O–H groups in total. The van der Waals surface area contributed by atoms with Crippen LogP contribution in [0.5, 0.6) is 0 Å². The van der Waals surface area contributed by atoms with E-state index in [4.69, 9.17) is 5.73 Å². The maximum absolute atomic E-state index is 11.7. The van der Waals surface area contributed by atoms with Crippen molar-refractivity contribution in [1.82, 2.24) is 0 Å². The van der Waals surface area contributed by atoms with Crippen LogP contribution in [0.2, 0.25) is 0 Å². The van der Waals surface area contributed by atoms with Crippen molar-refractivity contribution in [2.75, 3.05) is 10.6 Å². The van der Waals surface area contributed by atoms with E-state index in [0.29, 0.717) is 16.9 Å². The van der Waals surface area contributed by atoms with E-state index < -0.39 is 6.03 Å². The van der Waals surface area contributed by atoms with Crippen LogP contribution in [0.25, 0.3) is 0 Å². The van der Waals surface area contributed by atoms with Crippen LogP contribution in [0, 0.1) is 0 Å². The number of nitrogens with one attached hydrogen (secondary N) is 2. The van der Waals surface area contributed by atoms with Gasteiger partial charge in [0.25, 0.3) is 5.91 Å². The minimum absolute atomic E-state index is 0.159. The number of hydrogen-bond acceptors (Lipinski definition) is 2. The second kappa shape index (κ2) is 6.44. The third-order valence-electron chi connectivity index (χ3n) is 2.26. The highest BCUT2D eigenvalue weighted by atomic mass is 16.2. The average Bonchev–Trinajstić information content (AvgIpc) is 2.28. The summed E-state index contributed by atoms with van der Waals surface area (Å²) in [5.41, 5.74) is 6.82. The number of hydrogen-bond donors (Lipinski definition) is 3. The normalized spacial score (nSPS) is 10.9. The predicted octanol–water partition coefficient (Wildman–Crippen LogP) is 2.47. The molecule has 5 heteroatoms. The first-order chi connectivity index (χ1) is 8.52. The number of benzene rings is 1. The lowest BCUT2D eigenvalue weighted by Gasteiger charge is -2.07. The Kier molecular flexibility index (Phi) is 4.92. The lowest BCUT2D eigenvalue weighted by Crippen LogP contribution is -2.19. The Morgan fingerprint density at radius 3 is 2.44 bits per heavy atom. The molecule has 0 fully saturated rings. The first-order valence-corrected chi connectivity index (χ1v) is 5.67. The summed E-state index contributed by atoms with van der Waals surface area (Å²) in [5.74, 6) is -0.159. The second-order valence-electron chi connectivity index (χ2n) is 3.82. The van der Waals surface area contributed by atoms with Gasteiger partial charge >= 0.3 is 6.03 Å². The van der Waals surface area contributed by atoms with E-state index in [1.54, 1.807) is 31.2 Å². The van der Waals surface area contributed by atoms with Crippen molar-refractivity contribution in [1.29, 1.82) is 0 Å². The molecule has 5 nitrogen and oxygen atoms in total. The molecule has 18 heavy (non-hydrogen) atoms. The quantitative estimate of drug-likeness (QED) is 0.714. The monoisotopic (exact) mass is 247 g/mol. The Hall–Kier alpha value is -2.30. The van der Waals surface area contributed by atoms with Crippen molar-refractivity contribution in [3.05, 3.63) is 35.9 Å². The number of amides is 3. The van der Waals surface area contributed by atoms with Gasteiger partial charge in [-0.25, -0.2) is 4.79 Å². The zero-order valence-electron chi connectivity index (χ0n) is 10.5. The molecule has 0 aliphatic heterocycles. The highest BCUT2D eigenvalue weighted by Gasteiger charge is 2.05. The summed E-state index contributed by atoms with van der Waals surface area (Å²) in [4.78, 5) is 22.5. The highest BCUT2D eigenvalue weighted by molar-refractivity contribution is 6.03. The summed E-state index contributed by atoms with van der Waals surface area (Å²) in [6.45, 7) is 3.72. The first kappa shape index (κ1) is 13.8. The summed E-state index contributed by atoms with van der Waals surface area (Å²) in [5, 5.41) is 5.19. The molecule has 0 spiro atoms. The Bertz CT molecular complexity index is 481. The number of nitrogens with two attached hydrogens (primary N) is 1. The van der Waals surface area contributed by atoms with Crippen LogP contribution >= 0.6 is 0 Å². The van der Waals surface area contributed by atoms with Gasteiger partial charge in [0.1, 0.15) is 0 Å². The van der Waals surface area contributed by atoms with E-state index in [9.17, 15) is 9.59 Å². The van der Waals surface area contributed by atoms with Crippen molar-refractivity contribution in [2.24, 2.45) is 5.73 Å². The minimum atomic E-state index is -0.638. The van der Waals surface area contributed by atoms with Crippen molar-refractivity contribution in [3.63, 3.8) is 0 Å². The Balaban J connectivity index is 2.76. The molecule has 0 saturated heterocycles. The van der Waals surface area contributed by atoms with Crippen molar-refractivity contribution < 1.29 is 9.59 Å². The summed E-state index contributed by atoms with van der Waals surface area (Å²) in [7, 11) is 0. The van der Waals surface area contributed by atoms with Crippen LogP contribution in [0.15, 0.2) is 35.9 Å². The van der Waals surface area contributed by atoms with Crippen LogP contribution in [0.1, 0.15) is 20.3 Å². The van der Waals surface area contributed by atoms with Crippen LogP contribution in [-0.2, 0) is 4.79 Å². The van der Waals surface area contributed by atoms with Crippen LogP contribution in [0.3, 0.4) is 0 Å². The van der Waals surface area contributed by atoms with E-state index in [-0.39, 0.29) is 5.91 Å². The van der Waals surface area contributed by atoms with E-state index in [1.165, 1.54) is 0 Å². The molecule has 3 amide bonds. The molecule has 0 aromatic heterocycles. The number of carbonyl (C=O) groups excluding carboxylic acids is 2. The van der Waals surface area contributed by atoms with Crippen LogP contribution in [0.4, 0.5) is 16.2 Å². The molecule has 0 radical (unpaired) electrons. The number of primary amides is 1. The van der Waals surface area contributed by atoms with Gasteiger partial charge < -0.3 is 16.4 Å². The third-order valence-corrected chi connectivity index (χ3v) is 2.26. The number of rotatable bonds is 4. The molecule has 0 atom stereocenters. The molecule has 0 bridgehead atoms. The largest absolute Gasteiger partial charge is 0.351 e. The molecule has 0 saturated carbocycles. The van der Waals surface area contributed by atoms with Gasteiger partial charge in [-0.2, -0.15) is 0 Å². The number of anilines is 2. The standard InChI is InChI=1S/C13H17N3O2/c1-3-5-9(2)12(17)15-10-6-4-7-11(8-10)16-13(14)18/h4-8H,3H2,1-2H3,(H,15,17)(H3,14,16,18). The summed E-state index contributed by atoms with van der Waals surface area (Å²) >= 11 is 0. The molecule has 0 unspecified atom stereocenters. The minimum Gasteiger partial charge on any atom is -0.351 e. The van der Waals surface area contributed by atoms with Gasteiger partial charge in [-0.15, -0.1) is 0 Å². The lowest BCUT2D eigenvalue weighted by atomic mass is 10.2. The molecule has 1 rings (SSSR count). The molecule has 96 valence electrons. The fourth-order valence-corrected chi connectivity index (χ4v) is 1.45. The molecular weight excluding hydrogens is 230 g/mol. The van der Waals surface area contributed by atoms with E-state index >= 15 is 0 Å². The third kappa shape index (κ3) is 4.29. The van der Waals surface area contributed by atoms with Gasteiger partial charge in [0, 0.05) is 16.9 Å². The van der Waals surface area contributed by atoms with E-state index in [2.05, 4.69) is 10.6 Å². The lowest BCUT2D eigenvalue weighted by molar-refractivity contribution is -0.112. The SMILES string of the molecule is CCC=C(C)C(=O)Nc1cccc(NC(N)=O)c1. The maximum atomic E-state index is 11.7. The Morgan fingerprint density at radius 1 is 1.28 bits per heavy atom. The molecule has 0 aliphatic rings. The molecule has 0 aliphatic carbocycles. The summed E-state index contributed by atoms with van der Waals surface area (Å²) in [6, 6.07) is 6.15. The molecule has 1 aromatic rings. The fraction of sp³-hybridized carbons (Fsp3) is 0.231. The number of urea groups is 1. The molecule has 0 heterocycles. The highest BCUT2D eigenvalue weighted by Crippen LogP contribution is 2.15. The van der Waals surface area contributed by atoms with Gasteiger partial charge in [-0.3, -0.25) is 4.79 Å². The van der Waals surface area contributed by atoms with Gasteiger partial charge in [0.05, 0.1) is 0 Å². The van der Waals surface area contributed by atoms with Gasteiger partial charge in [0.15, 0.2) is 0 Å². The van der Waals surface area contributed by atoms with Gasteiger partial charge in [-0.05, 0) is 31.5 Å². The zero-order valence-corrected chi connectivity index (χ0v) is 10.5. The molecular formula is C13H17N3O2. The predicted molar refractivity (Wildman–Crippen MR) is 72.3 cm³/mol. The Labute approximate surface area is 106 Å². The van der Waals surface area contributed by atoms with Crippen molar-refractivity contribution >= 4 is 23.3 Å². The zero-order chi connectivity index (χ0) is 13.5. The topological polar surface area (TPSA) is 84.2 Å². The van der Waals surface area contributed by atoms with Gasteiger partial charge in [0.2, 0.25) is 0 Å². The Morgan fingerprint density at radius 2 is 1.89 bits per heavy atom. The van der Waals surface area contributed by atoms with Crippen LogP contribution < -0.4 is 16.4 Å². The van der Waals surface area contributed by atoms with Gasteiger partial charge in [-0.1, -0.05) is 19.1 Å². The number of allylic oxidation sites excluding steroid dienone is 1. The second-order valence-corrected chi connectivity index (χ2v) is 3.82. The smallest absolute Gasteiger partial charge is 0.316 e. The average molecular weight is 247 g/mol. The maximum Gasteiger partial charge on any atom is 0.316 e. The number of carbonyl (C=O) groups is 2.